The predicted octanol–water partition coefficient (Wildman–Crippen LogP) is 2.88. The monoisotopic (exact) mass is 266 g/mol. The quantitative estimate of drug-likeness (QED) is 0.608. The van der Waals surface area contributed by atoms with Crippen molar-refractivity contribution >= 4 is 11.5 Å². The van der Waals surface area contributed by atoms with Gasteiger partial charge in [0, 0.05) is 13.1 Å². The number of aryl methyl sites for hydroxylation is 2. The topological polar surface area (TPSA) is 73.0 Å². The number of nitro groups is 1. The lowest BCUT2D eigenvalue weighted by Crippen LogP contribution is -2.18. The van der Waals surface area contributed by atoms with Gasteiger partial charge in [0.25, 0.3) is 0 Å². The van der Waals surface area contributed by atoms with Crippen molar-refractivity contribution in [3.05, 3.63) is 15.8 Å². The molecule has 1 aromatic heterocycles. The number of aromatic nitrogens is 2. The van der Waals surface area contributed by atoms with Gasteiger partial charge in [0.05, 0.1) is 4.92 Å². The molecule has 1 heterocycles. The highest BCUT2D eigenvalue weighted by Gasteiger charge is 2.29. The molecule has 0 spiro atoms. The Morgan fingerprint density at radius 1 is 1.58 bits per heavy atom. The fourth-order valence-electron chi connectivity index (χ4n) is 2.47. The molecule has 0 amide bonds. The second-order valence-corrected chi connectivity index (χ2v) is 5.50. The average Bonchev–Trinajstić information content (AvgIpc) is 3.06. The van der Waals surface area contributed by atoms with Crippen molar-refractivity contribution in [2.75, 3.05) is 5.32 Å². The summed E-state index contributed by atoms with van der Waals surface area (Å²) in [5, 5.41) is 18.8. The van der Waals surface area contributed by atoms with E-state index in [1.165, 1.54) is 12.8 Å². The average molecular weight is 266 g/mol. The molecule has 1 N–H and O–H groups in total. The van der Waals surface area contributed by atoms with E-state index in [4.69, 9.17) is 0 Å². The SMILES string of the molecule is CCCc1nn(C)c(NC(C)CC2CC2)c1[N+](=O)[O-]. The molecule has 0 aliphatic heterocycles. The van der Waals surface area contributed by atoms with Crippen molar-refractivity contribution < 1.29 is 4.92 Å². The first-order chi connectivity index (χ1) is 9.02. The van der Waals surface area contributed by atoms with E-state index in [-0.39, 0.29) is 16.7 Å². The smallest absolute Gasteiger partial charge is 0.333 e. The van der Waals surface area contributed by atoms with Gasteiger partial charge in [0.1, 0.15) is 5.69 Å². The summed E-state index contributed by atoms with van der Waals surface area (Å²) in [6, 6.07) is 0.246. The second kappa shape index (κ2) is 5.59. The van der Waals surface area contributed by atoms with Gasteiger partial charge in [0.15, 0.2) is 0 Å². The molecule has 0 saturated heterocycles. The Bertz CT molecular complexity index is 465. The van der Waals surface area contributed by atoms with Crippen LogP contribution >= 0.6 is 0 Å². The molecule has 1 atom stereocenters. The number of rotatable bonds is 7. The molecule has 1 unspecified atom stereocenters. The van der Waals surface area contributed by atoms with E-state index in [9.17, 15) is 10.1 Å². The van der Waals surface area contributed by atoms with Crippen molar-refractivity contribution in [2.24, 2.45) is 13.0 Å². The summed E-state index contributed by atoms with van der Waals surface area (Å²) in [4.78, 5) is 10.9. The van der Waals surface area contributed by atoms with Crippen LogP contribution in [-0.4, -0.2) is 20.7 Å². The van der Waals surface area contributed by atoms with Crippen LogP contribution in [0, 0.1) is 16.0 Å². The predicted molar refractivity (Wildman–Crippen MR) is 74.3 cm³/mol. The van der Waals surface area contributed by atoms with E-state index >= 15 is 0 Å². The highest BCUT2D eigenvalue weighted by Crippen LogP contribution is 2.35. The maximum Gasteiger partial charge on any atom is 0.333 e. The lowest BCUT2D eigenvalue weighted by molar-refractivity contribution is -0.384. The van der Waals surface area contributed by atoms with Gasteiger partial charge in [-0.2, -0.15) is 5.10 Å². The van der Waals surface area contributed by atoms with Gasteiger partial charge in [0.2, 0.25) is 5.82 Å². The Morgan fingerprint density at radius 3 is 2.79 bits per heavy atom. The molecule has 0 radical (unpaired) electrons. The minimum Gasteiger partial charge on any atom is -0.362 e. The molecule has 2 rings (SSSR count). The maximum atomic E-state index is 11.3. The van der Waals surface area contributed by atoms with E-state index < -0.39 is 0 Å². The van der Waals surface area contributed by atoms with Gasteiger partial charge in [-0.05, 0) is 25.7 Å². The summed E-state index contributed by atoms with van der Waals surface area (Å²) in [5.74, 6) is 1.34. The van der Waals surface area contributed by atoms with Crippen molar-refractivity contribution in [2.45, 2.75) is 52.0 Å². The normalized spacial score (nSPS) is 16.4. The first kappa shape index (κ1) is 13.8. The minimum atomic E-state index is -0.315. The molecule has 6 nitrogen and oxygen atoms in total. The molecule has 1 fully saturated rings. The van der Waals surface area contributed by atoms with E-state index in [0.717, 1.165) is 18.8 Å². The number of hydrogen-bond donors (Lipinski definition) is 1. The molecule has 1 aromatic rings. The third-order valence-corrected chi connectivity index (χ3v) is 3.53. The summed E-state index contributed by atoms with van der Waals surface area (Å²) in [6.45, 7) is 4.08. The number of nitrogens with zero attached hydrogens (tertiary/aromatic N) is 3. The summed E-state index contributed by atoms with van der Waals surface area (Å²) in [6.07, 6.45) is 5.16. The zero-order valence-corrected chi connectivity index (χ0v) is 11.8. The van der Waals surface area contributed by atoms with Crippen molar-refractivity contribution in [3.63, 3.8) is 0 Å². The Kier molecular flexibility index (Phi) is 4.07. The minimum absolute atomic E-state index is 0.145. The van der Waals surface area contributed by atoms with E-state index in [1.54, 1.807) is 11.7 Å². The van der Waals surface area contributed by atoms with E-state index in [0.29, 0.717) is 17.9 Å². The summed E-state index contributed by atoms with van der Waals surface area (Å²) in [5.41, 5.74) is 0.725. The van der Waals surface area contributed by atoms with E-state index in [1.807, 2.05) is 6.92 Å². The highest BCUT2D eigenvalue weighted by molar-refractivity contribution is 5.60. The van der Waals surface area contributed by atoms with Crippen molar-refractivity contribution in [1.29, 1.82) is 0 Å². The molecule has 0 bridgehead atoms. The van der Waals surface area contributed by atoms with Crippen LogP contribution < -0.4 is 5.32 Å². The first-order valence-electron chi connectivity index (χ1n) is 6.99. The van der Waals surface area contributed by atoms with E-state index in [2.05, 4.69) is 17.3 Å². The Balaban J connectivity index is 2.18. The van der Waals surface area contributed by atoms with Crippen LogP contribution in [-0.2, 0) is 13.5 Å². The van der Waals surface area contributed by atoms with Crippen LogP contribution in [0.4, 0.5) is 11.5 Å². The Labute approximate surface area is 113 Å². The second-order valence-electron chi connectivity index (χ2n) is 5.50. The van der Waals surface area contributed by atoms with Crippen molar-refractivity contribution in [1.82, 2.24) is 9.78 Å². The molecule has 19 heavy (non-hydrogen) atoms. The van der Waals surface area contributed by atoms with Crippen LogP contribution in [0.25, 0.3) is 0 Å². The fraction of sp³-hybridized carbons (Fsp3) is 0.769. The summed E-state index contributed by atoms with van der Waals surface area (Å²) >= 11 is 0. The molecule has 106 valence electrons. The fourth-order valence-corrected chi connectivity index (χ4v) is 2.47. The largest absolute Gasteiger partial charge is 0.362 e. The molecule has 1 saturated carbocycles. The van der Waals surface area contributed by atoms with Gasteiger partial charge in [-0.1, -0.05) is 26.2 Å². The number of hydrogen-bond acceptors (Lipinski definition) is 4. The van der Waals surface area contributed by atoms with Gasteiger partial charge in [-0.15, -0.1) is 0 Å². The van der Waals surface area contributed by atoms with Crippen LogP contribution in [0.3, 0.4) is 0 Å². The van der Waals surface area contributed by atoms with Gasteiger partial charge in [-0.25, -0.2) is 4.68 Å². The van der Waals surface area contributed by atoms with Gasteiger partial charge in [-0.3, -0.25) is 10.1 Å². The lowest BCUT2D eigenvalue weighted by Gasteiger charge is -2.14. The molecule has 1 aliphatic rings. The highest BCUT2D eigenvalue weighted by atomic mass is 16.6. The lowest BCUT2D eigenvalue weighted by atomic mass is 10.1. The molecule has 1 aliphatic carbocycles. The third kappa shape index (κ3) is 3.24. The summed E-state index contributed by atoms with van der Waals surface area (Å²) in [7, 11) is 1.76. The van der Waals surface area contributed by atoms with Gasteiger partial charge >= 0.3 is 5.69 Å². The Hall–Kier alpha value is -1.59. The third-order valence-electron chi connectivity index (χ3n) is 3.53. The van der Waals surface area contributed by atoms with Crippen LogP contribution in [0.2, 0.25) is 0 Å². The van der Waals surface area contributed by atoms with Gasteiger partial charge < -0.3 is 5.32 Å². The molecule has 0 aromatic carbocycles. The number of nitrogens with one attached hydrogen (secondary N) is 1. The molecular formula is C13H22N4O2. The Morgan fingerprint density at radius 2 is 2.26 bits per heavy atom. The number of anilines is 1. The van der Waals surface area contributed by atoms with Crippen molar-refractivity contribution in [3.8, 4) is 0 Å². The zero-order chi connectivity index (χ0) is 14.0. The van der Waals surface area contributed by atoms with Crippen LogP contribution in [0.5, 0.6) is 0 Å². The molecule has 6 heteroatoms. The molecular weight excluding hydrogens is 244 g/mol. The summed E-state index contributed by atoms with van der Waals surface area (Å²) < 4.78 is 1.60. The van der Waals surface area contributed by atoms with Crippen LogP contribution in [0.15, 0.2) is 0 Å². The maximum absolute atomic E-state index is 11.3. The van der Waals surface area contributed by atoms with Crippen LogP contribution in [0.1, 0.15) is 45.2 Å². The zero-order valence-electron chi connectivity index (χ0n) is 11.8. The standard InChI is InChI=1S/C13H22N4O2/c1-4-5-11-12(17(18)19)13(16(3)15-11)14-9(2)8-10-6-7-10/h9-10,14H,4-8H2,1-3H3. The first-order valence-corrected chi connectivity index (χ1v) is 6.99.